The van der Waals surface area contributed by atoms with Crippen LogP contribution in [0.2, 0.25) is 5.02 Å². The maximum atomic E-state index is 12.4. The van der Waals surface area contributed by atoms with Crippen molar-refractivity contribution in [2.75, 3.05) is 5.73 Å². The van der Waals surface area contributed by atoms with Gasteiger partial charge >= 0.3 is 0 Å². The lowest BCUT2D eigenvalue weighted by Gasteiger charge is -2.16. The van der Waals surface area contributed by atoms with Crippen LogP contribution in [0.25, 0.3) is 0 Å². The normalized spacial score (nSPS) is 13.1. The van der Waals surface area contributed by atoms with Crippen molar-refractivity contribution in [3.05, 3.63) is 57.5 Å². The molecule has 0 fully saturated rings. The fraction of sp³-hybridized carbons (Fsp3) is 0.143. The molecule has 112 valence electrons. The van der Waals surface area contributed by atoms with E-state index in [1.54, 1.807) is 43.3 Å². The van der Waals surface area contributed by atoms with Crippen LogP contribution in [0.4, 0.5) is 5.69 Å². The molecule has 7 heteroatoms. The molecule has 0 saturated carbocycles. The topological polar surface area (TPSA) is 72.2 Å². The van der Waals surface area contributed by atoms with Gasteiger partial charge < -0.3 is 5.73 Å². The maximum Gasteiger partial charge on any atom is 0.243 e. The van der Waals surface area contributed by atoms with Crippen LogP contribution in [0.3, 0.4) is 0 Å². The van der Waals surface area contributed by atoms with Crippen molar-refractivity contribution in [2.45, 2.75) is 17.9 Å². The summed E-state index contributed by atoms with van der Waals surface area (Å²) in [6.07, 6.45) is 0. The highest BCUT2D eigenvalue weighted by atomic mass is 79.9. The summed E-state index contributed by atoms with van der Waals surface area (Å²) in [5.74, 6) is 0. The van der Waals surface area contributed by atoms with E-state index in [1.165, 1.54) is 6.07 Å². The molecule has 1 unspecified atom stereocenters. The van der Waals surface area contributed by atoms with E-state index < -0.39 is 16.1 Å². The molecule has 2 aromatic rings. The van der Waals surface area contributed by atoms with Gasteiger partial charge in [0.05, 0.1) is 5.69 Å². The van der Waals surface area contributed by atoms with Gasteiger partial charge in [0.1, 0.15) is 4.90 Å². The first-order valence-electron chi connectivity index (χ1n) is 6.13. The number of sulfonamides is 1. The van der Waals surface area contributed by atoms with Crippen LogP contribution in [-0.2, 0) is 10.0 Å². The third-order valence-electron chi connectivity index (χ3n) is 2.97. The SMILES string of the molecule is CC(NS(=O)(=O)c1ccc(Br)cc1N)c1ccccc1Cl. The fourth-order valence-electron chi connectivity index (χ4n) is 1.95. The molecule has 2 aromatic carbocycles. The van der Waals surface area contributed by atoms with Crippen LogP contribution in [-0.4, -0.2) is 8.42 Å². The summed E-state index contributed by atoms with van der Waals surface area (Å²) in [7, 11) is -3.73. The second-order valence-electron chi connectivity index (χ2n) is 4.55. The first-order chi connectivity index (χ1) is 9.81. The molecule has 0 heterocycles. The standard InChI is InChI=1S/C14H14BrClN2O2S/c1-9(11-4-2-3-5-12(11)16)18-21(19,20)14-7-6-10(15)8-13(14)17/h2-9,18H,17H2,1H3. The van der Waals surface area contributed by atoms with E-state index in [1.807, 2.05) is 0 Å². The van der Waals surface area contributed by atoms with Gasteiger partial charge in [-0.3, -0.25) is 0 Å². The number of nitrogen functional groups attached to an aromatic ring is 1. The summed E-state index contributed by atoms with van der Waals surface area (Å²) in [4.78, 5) is 0.0459. The molecule has 0 aliphatic heterocycles. The lowest BCUT2D eigenvalue weighted by molar-refractivity contribution is 0.567. The van der Waals surface area contributed by atoms with Crippen molar-refractivity contribution >= 4 is 43.2 Å². The van der Waals surface area contributed by atoms with Crippen molar-refractivity contribution in [1.29, 1.82) is 0 Å². The fourth-order valence-corrected chi connectivity index (χ4v) is 3.96. The van der Waals surface area contributed by atoms with Crippen molar-refractivity contribution in [2.24, 2.45) is 0 Å². The zero-order chi connectivity index (χ0) is 15.6. The average Bonchev–Trinajstić information content (AvgIpc) is 2.37. The van der Waals surface area contributed by atoms with Crippen molar-refractivity contribution in [3.63, 3.8) is 0 Å². The lowest BCUT2D eigenvalue weighted by atomic mass is 10.1. The smallest absolute Gasteiger partial charge is 0.243 e. The zero-order valence-electron chi connectivity index (χ0n) is 11.2. The quantitative estimate of drug-likeness (QED) is 0.783. The Balaban J connectivity index is 2.31. The van der Waals surface area contributed by atoms with E-state index >= 15 is 0 Å². The Labute approximate surface area is 137 Å². The van der Waals surface area contributed by atoms with E-state index in [9.17, 15) is 8.42 Å². The van der Waals surface area contributed by atoms with E-state index in [4.69, 9.17) is 17.3 Å². The van der Waals surface area contributed by atoms with Crippen LogP contribution >= 0.6 is 27.5 Å². The largest absolute Gasteiger partial charge is 0.398 e. The van der Waals surface area contributed by atoms with E-state index in [2.05, 4.69) is 20.7 Å². The molecule has 3 N–H and O–H groups in total. The van der Waals surface area contributed by atoms with E-state index in [-0.39, 0.29) is 10.6 Å². The molecule has 0 saturated heterocycles. The number of hydrogen-bond acceptors (Lipinski definition) is 3. The Morgan fingerprint density at radius 2 is 1.90 bits per heavy atom. The average molecular weight is 390 g/mol. The molecule has 4 nitrogen and oxygen atoms in total. The molecular formula is C14H14BrClN2O2S. The van der Waals surface area contributed by atoms with Crippen molar-refractivity contribution in [3.8, 4) is 0 Å². The summed E-state index contributed by atoms with van der Waals surface area (Å²) in [5, 5.41) is 0.511. The van der Waals surface area contributed by atoms with Gasteiger partial charge in [0, 0.05) is 15.5 Å². The maximum absolute atomic E-state index is 12.4. The number of benzene rings is 2. The van der Waals surface area contributed by atoms with Gasteiger partial charge in [0.2, 0.25) is 10.0 Å². The van der Waals surface area contributed by atoms with Gasteiger partial charge in [0.15, 0.2) is 0 Å². The third-order valence-corrected chi connectivity index (χ3v) is 5.42. The zero-order valence-corrected chi connectivity index (χ0v) is 14.3. The molecule has 0 aliphatic rings. The first-order valence-corrected chi connectivity index (χ1v) is 8.78. The van der Waals surface area contributed by atoms with Crippen LogP contribution in [0, 0.1) is 0 Å². The molecule has 0 spiro atoms. The molecule has 0 radical (unpaired) electrons. The van der Waals surface area contributed by atoms with Crippen LogP contribution in [0.5, 0.6) is 0 Å². The monoisotopic (exact) mass is 388 g/mol. The number of hydrogen-bond donors (Lipinski definition) is 2. The molecule has 0 bridgehead atoms. The Bertz CT molecular complexity index is 765. The van der Waals surface area contributed by atoms with Gasteiger partial charge in [-0.15, -0.1) is 0 Å². The summed E-state index contributed by atoms with van der Waals surface area (Å²) in [6, 6.07) is 11.3. The van der Waals surface area contributed by atoms with Gasteiger partial charge in [0.25, 0.3) is 0 Å². The van der Waals surface area contributed by atoms with E-state index in [0.717, 1.165) is 4.47 Å². The number of anilines is 1. The number of nitrogens with one attached hydrogen (secondary N) is 1. The Morgan fingerprint density at radius 3 is 2.52 bits per heavy atom. The van der Waals surface area contributed by atoms with Crippen LogP contribution < -0.4 is 10.5 Å². The molecule has 0 aromatic heterocycles. The number of halogens is 2. The lowest BCUT2D eigenvalue weighted by Crippen LogP contribution is -2.27. The third kappa shape index (κ3) is 3.77. The predicted octanol–water partition coefficient (Wildman–Crippen LogP) is 3.72. The Morgan fingerprint density at radius 1 is 1.24 bits per heavy atom. The molecule has 2 rings (SSSR count). The highest BCUT2D eigenvalue weighted by molar-refractivity contribution is 9.10. The second-order valence-corrected chi connectivity index (χ2v) is 7.55. The molecule has 0 aliphatic carbocycles. The minimum Gasteiger partial charge on any atom is -0.398 e. The van der Waals surface area contributed by atoms with Crippen molar-refractivity contribution in [1.82, 2.24) is 4.72 Å². The minimum atomic E-state index is -3.73. The summed E-state index contributed by atoms with van der Waals surface area (Å²) >= 11 is 9.33. The Kier molecular flexibility index (Phi) is 4.93. The molecule has 21 heavy (non-hydrogen) atoms. The molecule has 1 atom stereocenters. The Hall–Kier alpha value is -1.08. The minimum absolute atomic E-state index is 0.0459. The van der Waals surface area contributed by atoms with Crippen molar-refractivity contribution < 1.29 is 8.42 Å². The van der Waals surface area contributed by atoms with Crippen LogP contribution in [0.1, 0.15) is 18.5 Å². The first kappa shape index (κ1) is 16.3. The molecular weight excluding hydrogens is 376 g/mol. The number of nitrogens with two attached hydrogens (primary N) is 1. The van der Waals surface area contributed by atoms with Gasteiger partial charge in [-0.05, 0) is 36.8 Å². The van der Waals surface area contributed by atoms with Gasteiger partial charge in [-0.1, -0.05) is 45.7 Å². The molecule has 0 amide bonds. The second kappa shape index (κ2) is 6.36. The van der Waals surface area contributed by atoms with Crippen LogP contribution in [0.15, 0.2) is 51.8 Å². The number of rotatable bonds is 4. The highest BCUT2D eigenvalue weighted by Gasteiger charge is 2.21. The van der Waals surface area contributed by atoms with E-state index in [0.29, 0.717) is 10.6 Å². The predicted molar refractivity (Wildman–Crippen MR) is 88.7 cm³/mol. The van der Waals surface area contributed by atoms with Gasteiger partial charge in [-0.25, -0.2) is 13.1 Å². The van der Waals surface area contributed by atoms with Gasteiger partial charge in [-0.2, -0.15) is 0 Å². The summed E-state index contributed by atoms with van der Waals surface area (Å²) in [5.41, 5.74) is 6.67. The summed E-state index contributed by atoms with van der Waals surface area (Å²) in [6.45, 7) is 1.73. The highest BCUT2D eigenvalue weighted by Crippen LogP contribution is 2.27. The summed E-state index contributed by atoms with van der Waals surface area (Å²) < 4.78 is 28.1.